The molecule has 0 unspecified atom stereocenters. The van der Waals surface area contributed by atoms with Crippen molar-refractivity contribution in [2.75, 3.05) is 38.3 Å². The first-order chi connectivity index (χ1) is 13.6. The van der Waals surface area contributed by atoms with Gasteiger partial charge in [0.15, 0.2) is 0 Å². The number of rotatable bonds is 4. The molecule has 1 amide bonds. The van der Waals surface area contributed by atoms with Gasteiger partial charge < -0.3 is 14.4 Å². The minimum Gasteiger partial charge on any atom is -0.496 e. The Kier molecular flexibility index (Phi) is 5.59. The van der Waals surface area contributed by atoms with Crippen molar-refractivity contribution < 1.29 is 18.7 Å². The van der Waals surface area contributed by atoms with Crippen LogP contribution in [0, 0.1) is 11.7 Å². The van der Waals surface area contributed by atoms with Crippen LogP contribution >= 0.6 is 0 Å². The van der Waals surface area contributed by atoms with E-state index in [0.717, 1.165) is 30.8 Å². The molecule has 0 spiro atoms. The second-order valence-corrected chi connectivity index (χ2v) is 7.43. The summed E-state index contributed by atoms with van der Waals surface area (Å²) in [6.45, 7) is 3.00. The Balaban J connectivity index is 1.50. The van der Waals surface area contributed by atoms with Gasteiger partial charge in [0, 0.05) is 43.3 Å². The molecule has 2 heterocycles. The topological polar surface area (TPSA) is 42.0 Å². The van der Waals surface area contributed by atoms with Crippen molar-refractivity contribution in [3.63, 3.8) is 0 Å². The number of benzene rings is 2. The van der Waals surface area contributed by atoms with E-state index in [1.807, 2.05) is 35.2 Å². The Morgan fingerprint density at radius 3 is 2.79 bits per heavy atom. The molecule has 2 atom stereocenters. The Bertz CT molecular complexity index is 830. The molecule has 148 valence electrons. The first kappa shape index (κ1) is 18.9. The second-order valence-electron chi connectivity index (χ2n) is 7.43. The molecule has 0 radical (unpaired) electrons. The number of methoxy groups -OCH3 is 1. The van der Waals surface area contributed by atoms with E-state index in [9.17, 15) is 9.18 Å². The van der Waals surface area contributed by atoms with Crippen LogP contribution in [0.25, 0.3) is 0 Å². The van der Waals surface area contributed by atoms with E-state index < -0.39 is 0 Å². The summed E-state index contributed by atoms with van der Waals surface area (Å²) in [5.41, 5.74) is 1.74. The zero-order chi connectivity index (χ0) is 19.5. The molecular formula is C22H25FN2O3. The van der Waals surface area contributed by atoms with E-state index >= 15 is 0 Å². The molecule has 28 heavy (non-hydrogen) atoms. The van der Waals surface area contributed by atoms with Gasteiger partial charge in [-0.2, -0.15) is 0 Å². The maximum Gasteiger partial charge on any atom is 0.252 e. The number of hydrogen-bond acceptors (Lipinski definition) is 4. The monoisotopic (exact) mass is 384 g/mol. The lowest BCUT2D eigenvalue weighted by atomic mass is 9.93. The van der Waals surface area contributed by atoms with Crippen LogP contribution in [0.4, 0.5) is 10.1 Å². The van der Waals surface area contributed by atoms with Crippen LogP contribution in [-0.4, -0.2) is 50.3 Å². The van der Waals surface area contributed by atoms with Crippen molar-refractivity contribution in [2.45, 2.75) is 19.1 Å². The van der Waals surface area contributed by atoms with Crippen LogP contribution in [0.2, 0.25) is 0 Å². The molecule has 0 aliphatic carbocycles. The number of piperidine rings is 1. The number of ether oxygens (including phenoxy) is 2. The summed E-state index contributed by atoms with van der Waals surface area (Å²) in [6.07, 6.45) is 0.932. The summed E-state index contributed by atoms with van der Waals surface area (Å²) in [6, 6.07) is 14.4. The summed E-state index contributed by atoms with van der Waals surface area (Å²) in [7, 11) is 1.60. The predicted octanol–water partition coefficient (Wildman–Crippen LogP) is 3.09. The molecule has 2 aliphatic rings. The molecule has 6 heteroatoms. The molecule has 0 bridgehead atoms. The van der Waals surface area contributed by atoms with Crippen LogP contribution in [0.15, 0.2) is 48.5 Å². The lowest BCUT2D eigenvalue weighted by molar-refractivity contribution is -0.124. The molecule has 0 N–H and O–H groups in total. The predicted molar refractivity (Wildman–Crippen MR) is 105 cm³/mol. The maximum absolute atomic E-state index is 13.7. The summed E-state index contributed by atoms with van der Waals surface area (Å²) in [4.78, 5) is 16.7. The molecule has 0 aromatic heterocycles. The van der Waals surface area contributed by atoms with Crippen molar-refractivity contribution in [3.05, 3.63) is 59.9 Å². The number of carbonyl (C=O) groups is 1. The second kappa shape index (κ2) is 8.29. The van der Waals surface area contributed by atoms with E-state index in [1.54, 1.807) is 13.2 Å². The molecular weight excluding hydrogens is 359 g/mol. The smallest absolute Gasteiger partial charge is 0.252 e. The Hall–Kier alpha value is -2.44. The summed E-state index contributed by atoms with van der Waals surface area (Å²) >= 11 is 0. The average molecular weight is 384 g/mol. The van der Waals surface area contributed by atoms with Gasteiger partial charge in [0.05, 0.1) is 13.2 Å². The van der Waals surface area contributed by atoms with Crippen LogP contribution in [-0.2, 0) is 16.1 Å². The standard InChI is InChI=1S/C22H25FN2O3/c1-27-20-8-7-18(23)11-16(20)12-24-10-9-21-17(13-24)14-25(22(26)15-28-21)19-5-3-2-4-6-19/h2-8,11,17,21H,9-10,12-15H2,1H3/t17-,21+/m1/s1. The molecule has 2 aromatic rings. The molecule has 2 fully saturated rings. The highest BCUT2D eigenvalue weighted by Crippen LogP contribution is 2.29. The highest BCUT2D eigenvalue weighted by molar-refractivity contribution is 5.94. The lowest BCUT2D eigenvalue weighted by Crippen LogP contribution is -2.47. The van der Waals surface area contributed by atoms with Crippen LogP contribution in [0.3, 0.4) is 0 Å². The van der Waals surface area contributed by atoms with Gasteiger partial charge in [0.25, 0.3) is 5.91 Å². The van der Waals surface area contributed by atoms with Crippen molar-refractivity contribution in [2.24, 2.45) is 5.92 Å². The number of para-hydroxylation sites is 1. The van der Waals surface area contributed by atoms with E-state index in [1.165, 1.54) is 12.1 Å². The molecule has 2 aromatic carbocycles. The molecule has 0 saturated carbocycles. The fourth-order valence-electron chi connectivity index (χ4n) is 4.19. The summed E-state index contributed by atoms with van der Waals surface area (Å²) in [5, 5.41) is 0. The Morgan fingerprint density at radius 2 is 2.00 bits per heavy atom. The number of hydrogen-bond donors (Lipinski definition) is 0. The number of likely N-dealkylation sites (tertiary alicyclic amines) is 1. The van der Waals surface area contributed by atoms with Gasteiger partial charge >= 0.3 is 0 Å². The normalized spacial score (nSPS) is 23.2. The van der Waals surface area contributed by atoms with Crippen molar-refractivity contribution in [1.29, 1.82) is 0 Å². The number of carbonyl (C=O) groups excluding carboxylic acids is 1. The maximum atomic E-state index is 13.7. The van der Waals surface area contributed by atoms with Crippen molar-refractivity contribution in [1.82, 2.24) is 4.90 Å². The first-order valence-electron chi connectivity index (χ1n) is 9.66. The number of nitrogens with zero attached hydrogens (tertiary/aromatic N) is 2. The molecule has 4 rings (SSSR count). The van der Waals surface area contributed by atoms with E-state index in [-0.39, 0.29) is 30.4 Å². The number of fused-ring (bicyclic) bond motifs is 1. The van der Waals surface area contributed by atoms with E-state index in [0.29, 0.717) is 18.8 Å². The molecule has 5 nitrogen and oxygen atoms in total. The fourth-order valence-corrected chi connectivity index (χ4v) is 4.19. The molecule has 2 saturated heterocycles. The van der Waals surface area contributed by atoms with Gasteiger partial charge in [-0.3, -0.25) is 9.69 Å². The summed E-state index contributed by atoms with van der Waals surface area (Å²) < 4.78 is 25.0. The zero-order valence-electron chi connectivity index (χ0n) is 16.0. The third kappa shape index (κ3) is 4.03. The summed E-state index contributed by atoms with van der Waals surface area (Å²) in [5.74, 6) is 0.643. The van der Waals surface area contributed by atoms with Crippen LogP contribution in [0.5, 0.6) is 5.75 Å². The highest BCUT2D eigenvalue weighted by Gasteiger charge is 2.36. The van der Waals surface area contributed by atoms with Gasteiger partial charge in [-0.05, 0) is 36.8 Å². The fraction of sp³-hybridized carbons (Fsp3) is 0.409. The van der Waals surface area contributed by atoms with E-state index in [4.69, 9.17) is 9.47 Å². The highest BCUT2D eigenvalue weighted by atomic mass is 19.1. The van der Waals surface area contributed by atoms with Gasteiger partial charge in [-0.1, -0.05) is 18.2 Å². The van der Waals surface area contributed by atoms with Gasteiger partial charge in [0.1, 0.15) is 18.2 Å². The minimum absolute atomic E-state index is 0.000973. The Morgan fingerprint density at radius 1 is 1.18 bits per heavy atom. The van der Waals surface area contributed by atoms with E-state index in [2.05, 4.69) is 4.90 Å². The number of halogens is 1. The van der Waals surface area contributed by atoms with Crippen LogP contribution in [0.1, 0.15) is 12.0 Å². The average Bonchev–Trinajstić information content (AvgIpc) is 2.88. The third-order valence-corrected chi connectivity index (χ3v) is 5.59. The first-order valence-corrected chi connectivity index (χ1v) is 9.66. The minimum atomic E-state index is -0.260. The lowest BCUT2D eigenvalue weighted by Gasteiger charge is -2.38. The van der Waals surface area contributed by atoms with Gasteiger partial charge in [-0.25, -0.2) is 4.39 Å². The number of amides is 1. The van der Waals surface area contributed by atoms with Gasteiger partial charge in [-0.15, -0.1) is 0 Å². The number of anilines is 1. The van der Waals surface area contributed by atoms with Crippen molar-refractivity contribution >= 4 is 11.6 Å². The molecule has 2 aliphatic heterocycles. The third-order valence-electron chi connectivity index (χ3n) is 5.59. The largest absolute Gasteiger partial charge is 0.496 e. The van der Waals surface area contributed by atoms with Crippen LogP contribution < -0.4 is 9.64 Å². The zero-order valence-corrected chi connectivity index (χ0v) is 16.0. The SMILES string of the molecule is COc1ccc(F)cc1CN1CC[C@@H]2OCC(=O)N(c3ccccc3)C[C@H]2C1. The quantitative estimate of drug-likeness (QED) is 0.813. The van der Waals surface area contributed by atoms with Gasteiger partial charge in [0.2, 0.25) is 0 Å². The van der Waals surface area contributed by atoms with Crippen molar-refractivity contribution in [3.8, 4) is 5.75 Å². The Labute approximate surface area is 164 Å².